The first kappa shape index (κ1) is 20.7. The van der Waals surface area contributed by atoms with Crippen LogP contribution >= 0.6 is 0 Å². The Bertz CT molecular complexity index is 1460. The van der Waals surface area contributed by atoms with Crippen LogP contribution in [0.15, 0.2) is 89.4 Å². The van der Waals surface area contributed by atoms with Gasteiger partial charge in [0.2, 0.25) is 5.88 Å². The van der Waals surface area contributed by atoms with Crippen LogP contribution in [0.1, 0.15) is 22.6 Å². The summed E-state index contributed by atoms with van der Waals surface area (Å²) in [5.74, 6) is -1.46. The quantitative estimate of drug-likeness (QED) is 0.638. The fraction of sp³-hybridized carbons (Fsp3) is 0.0833. The number of pyridine rings is 1. The average molecular weight is 460 g/mol. The van der Waals surface area contributed by atoms with Gasteiger partial charge in [0.25, 0.3) is 10.0 Å². The topological polar surface area (TPSA) is 109 Å². The maximum absolute atomic E-state index is 14.1. The van der Waals surface area contributed by atoms with Crippen molar-refractivity contribution in [1.82, 2.24) is 4.98 Å². The summed E-state index contributed by atoms with van der Waals surface area (Å²) in [6.07, 6.45) is 3.06. The molecule has 0 saturated carbocycles. The van der Waals surface area contributed by atoms with Crippen LogP contribution in [0.25, 0.3) is 5.76 Å². The molecule has 3 heterocycles. The van der Waals surface area contributed by atoms with Gasteiger partial charge in [-0.05, 0) is 41.5 Å². The zero-order valence-electron chi connectivity index (χ0n) is 17.1. The van der Waals surface area contributed by atoms with Crippen LogP contribution in [0.5, 0.6) is 0 Å². The SMILES string of the molecule is N#CC1=C(N)OC2=C(C1c1cccnc1)S(=O)(=O)N(Cc1ccc(F)cc1)c1ccccc12. The summed E-state index contributed by atoms with van der Waals surface area (Å²) in [6, 6.07) is 17.9. The van der Waals surface area contributed by atoms with E-state index in [-0.39, 0.29) is 28.7 Å². The normalized spacial score (nSPS) is 18.8. The molecule has 2 aliphatic heterocycles. The fourth-order valence-corrected chi connectivity index (χ4v) is 6.03. The lowest BCUT2D eigenvalue weighted by atomic mass is 9.89. The van der Waals surface area contributed by atoms with Crippen molar-refractivity contribution in [1.29, 1.82) is 5.26 Å². The molecule has 5 rings (SSSR count). The van der Waals surface area contributed by atoms with Gasteiger partial charge in [0, 0.05) is 18.0 Å². The molecule has 2 aliphatic rings. The second kappa shape index (κ2) is 7.76. The van der Waals surface area contributed by atoms with Crippen molar-refractivity contribution in [2.24, 2.45) is 5.73 Å². The molecule has 3 aromatic rings. The Balaban J connectivity index is 1.75. The molecule has 0 amide bonds. The number of nitriles is 1. The molecule has 164 valence electrons. The molecule has 0 radical (unpaired) electrons. The second-order valence-electron chi connectivity index (χ2n) is 7.56. The smallest absolute Gasteiger partial charge is 0.265 e. The lowest BCUT2D eigenvalue weighted by Gasteiger charge is -2.38. The van der Waals surface area contributed by atoms with Crippen molar-refractivity contribution >= 4 is 21.5 Å². The van der Waals surface area contributed by atoms with E-state index in [0.29, 0.717) is 22.4 Å². The molecule has 0 fully saturated rings. The Morgan fingerprint density at radius 1 is 1.12 bits per heavy atom. The first-order chi connectivity index (χ1) is 15.9. The molecular formula is C24H17FN4O3S. The molecule has 33 heavy (non-hydrogen) atoms. The highest BCUT2D eigenvalue weighted by Gasteiger charge is 2.47. The first-order valence-corrected chi connectivity index (χ1v) is 11.4. The van der Waals surface area contributed by atoms with Crippen molar-refractivity contribution in [3.8, 4) is 6.07 Å². The van der Waals surface area contributed by atoms with E-state index in [0.717, 1.165) is 0 Å². The summed E-state index contributed by atoms with van der Waals surface area (Å²) in [7, 11) is -4.18. The van der Waals surface area contributed by atoms with Gasteiger partial charge < -0.3 is 10.5 Å². The highest BCUT2D eigenvalue weighted by molar-refractivity contribution is 7.96. The Hall–Kier alpha value is -4.16. The number of hydrogen-bond acceptors (Lipinski definition) is 6. The summed E-state index contributed by atoms with van der Waals surface area (Å²) in [4.78, 5) is 4.02. The minimum Gasteiger partial charge on any atom is -0.439 e. The summed E-state index contributed by atoms with van der Waals surface area (Å²) in [5.41, 5.74) is 8.10. The number of rotatable bonds is 3. The molecule has 0 aliphatic carbocycles. The third kappa shape index (κ3) is 3.32. The van der Waals surface area contributed by atoms with E-state index in [1.807, 2.05) is 6.07 Å². The lowest BCUT2D eigenvalue weighted by Crippen LogP contribution is -2.39. The van der Waals surface area contributed by atoms with E-state index >= 15 is 0 Å². The Morgan fingerprint density at radius 2 is 1.88 bits per heavy atom. The number of fused-ring (bicyclic) bond motifs is 2. The number of benzene rings is 2. The second-order valence-corrected chi connectivity index (χ2v) is 9.39. The predicted octanol–water partition coefficient (Wildman–Crippen LogP) is 3.75. The average Bonchev–Trinajstić information content (AvgIpc) is 2.82. The number of aromatic nitrogens is 1. The standard InChI is InChI=1S/C24H17FN4O3S/c25-17-9-7-15(8-10-17)14-29-20-6-2-1-5-18(20)22-23(33(29,30)31)21(16-4-3-11-28-13-16)19(12-26)24(27)32-22/h1-11,13,21H,14,27H2. The zero-order chi connectivity index (χ0) is 23.2. The molecule has 2 aromatic carbocycles. The van der Waals surface area contributed by atoms with Gasteiger partial charge in [-0.1, -0.05) is 30.3 Å². The van der Waals surface area contributed by atoms with E-state index in [4.69, 9.17) is 10.5 Å². The van der Waals surface area contributed by atoms with Crippen LogP contribution in [0.3, 0.4) is 0 Å². The highest BCUT2D eigenvalue weighted by atomic mass is 32.2. The fourth-order valence-electron chi connectivity index (χ4n) is 4.11. The molecule has 9 heteroatoms. The van der Waals surface area contributed by atoms with Crippen LogP contribution in [-0.4, -0.2) is 13.4 Å². The summed E-state index contributed by atoms with van der Waals surface area (Å²) in [5, 5.41) is 9.82. The van der Waals surface area contributed by atoms with Gasteiger partial charge in [-0.2, -0.15) is 5.26 Å². The van der Waals surface area contributed by atoms with Crippen molar-refractivity contribution in [2.75, 3.05) is 4.31 Å². The van der Waals surface area contributed by atoms with Gasteiger partial charge in [0.1, 0.15) is 22.4 Å². The van der Waals surface area contributed by atoms with E-state index in [1.165, 1.54) is 34.8 Å². The largest absolute Gasteiger partial charge is 0.439 e. The highest BCUT2D eigenvalue weighted by Crippen LogP contribution is 2.51. The minimum absolute atomic E-state index is 0.00793. The number of nitrogens with zero attached hydrogens (tertiary/aromatic N) is 3. The summed E-state index contributed by atoms with van der Waals surface area (Å²) < 4.78 is 48.5. The number of anilines is 1. The molecular weight excluding hydrogens is 443 g/mol. The third-order valence-corrected chi connectivity index (χ3v) is 7.50. The number of hydrogen-bond donors (Lipinski definition) is 1. The molecule has 1 aromatic heterocycles. The maximum atomic E-state index is 14.1. The van der Waals surface area contributed by atoms with Crippen LogP contribution in [-0.2, 0) is 21.3 Å². The predicted molar refractivity (Wildman–Crippen MR) is 120 cm³/mol. The van der Waals surface area contributed by atoms with Gasteiger partial charge in [-0.3, -0.25) is 9.29 Å². The molecule has 7 nitrogen and oxygen atoms in total. The molecule has 1 atom stereocenters. The summed E-state index contributed by atoms with van der Waals surface area (Å²) in [6.45, 7) is -0.0305. The van der Waals surface area contributed by atoms with Crippen molar-refractivity contribution in [3.05, 3.63) is 112 Å². The number of allylic oxidation sites excluding steroid dienone is 2. The van der Waals surface area contributed by atoms with E-state index in [1.54, 1.807) is 42.6 Å². The Kier molecular flexibility index (Phi) is 4.87. The molecule has 0 saturated heterocycles. The van der Waals surface area contributed by atoms with Crippen LogP contribution < -0.4 is 10.0 Å². The van der Waals surface area contributed by atoms with Crippen molar-refractivity contribution < 1.29 is 17.5 Å². The third-order valence-electron chi connectivity index (χ3n) is 5.62. The van der Waals surface area contributed by atoms with E-state index in [2.05, 4.69) is 4.98 Å². The number of halogens is 1. The Labute approximate surface area is 189 Å². The van der Waals surface area contributed by atoms with Crippen LogP contribution in [0.4, 0.5) is 10.1 Å². The Morgan fingerprint density at radius 3 is 2.58 bits per heavy atom. The van der Waals surface area contributed by atoms with Gasteiger partial charge >= 0.3 is 0 Å². The monoisotopic (exact) mass is 460 g/mol. The van der Waals surface area contributed by atoms with Gasteiger partial charge in [-0.25, -0.2) is 12.8 Å². The minimum atomic E-state index is -4.18. The molecule has 0 bridgehead atoms. The number of nitrogens with two attached hydrogens (primary N) is 1. The number of para-hydroxylation sites is 1. The van der Waals surface area contributed by atoms with Gasteiger partial charge in [0.15, 0.2) is 5.76 Å². The lowest BCUT2D eigenvalue weighted by molar-refractivity contribution is 0.357. The maximum Gasteiger partial charge on any atom is 0.265 e. The molecule has 2 N–H and O–H groups in total. The van der Waals surface area contributed by atoms with Crippen molar-refractivity contribution in [2.45, 2.75) is 12.5 Å². The summed E-state index contributed by atoms with van der Waals surface area (Å²) >= 11 is 0. The molecule has 0 spiro atoms. The zero-order valence-corrected chi connectivity index (χ0v) is 18.0. The molecule has 1 unspecified atom stereocenters. The van der Waals surface area contributed by atoms with Gasteiger partial charge in [0.05, 0.1) is 18.2 Å². The van der Waals surface area contributed by atoms with Gasteiger partial charge in [-0.15, -0.1) is 0 Å². The van der Waals surface area contributed by atoms with Crippen molar-refractivity contribution in [3.63, 3.8) is 0 Å². The first-order valence-electron chi connectivity index (χ1n) is 10.00. The number of ether oxygens (including phenoxy) is 1. The number of sulfonamides is 1. The van der Waals surface area contributed by atoms with E-state index < -0.39 is 21.8 Å². The van der Waals surface area contributed by atoms with E-state index in [9.17, 15) is 18.1 Å². The van der Waals surface area contributed by atoms with Crippen LogP contribution in [0.2, 0.25) is 0 Å². The van der Waals surface area contributed by atoms with Crippen LogP contribution in [0, 0.1) is 17.1 Å².